The third-order valence-electron chi connectivity index (χ3n) is 1.80. The van der Waals surface area contributed by atoms with Gasteiger partial charge in [-0.25, -0.2) is 4.39 Å². The van der Waals surface area contributed by atoms with Crippen LogP contribution in [0.3, 0.4) is 0 Å². The summed E-state index contributed by atoms with van der Waals surface area (Å²) >= 11 is 0. The first-order valence-corrected chi connectivity index (χ1v) is 4.74. The summed E-state index contributed by atoms with van der Waals surface area (Å²) in [6, 6.07) is 4.36. The Morgan fingerprint density at radius 2 is 2.25 bits per heavy atom. The minimum absolute atomic E-state index is 0.133. The first-order valence-electron chi connectivity index (χ1n) is 4.74. The highest BCUT2D eigenvalue weighted by Crippen LogP contribution is 2.16. The number of benzene rings is 1. The van der Waals surface area contributed by atoms with Gasteiger partial charge in [0.25, 0.3) is 0 Å². The Morgan fingerprint density at radius 3 is 2.88 bits per heavy atom. The van der Waals surface area contributed by atoms with Crippen LogP contribution in [-0.4, -0.2) is 25.7 Å². The van der Waals surface area contributed by atoms with Gasteiger partial charge in [0.15, 0.2) is 0 Å². The molecule has 0 saturated carbocycles. The zero-order valence-corrected chi connectivity index (χ0v) is 8.70. The van der Waals surface area contributed by atoms with Gasteiger partial charge in [-0.1, -0.05) is 0 Å². The molecule has 5 nitrogen and oxygen atoms in total. The molecule has 0 aromatic heterocycles. The molecule has 88 valence electrons. The Bertz CT molecular complexity index is 371. The monoisotopic (exact) mass is 227 g/mol. The van der Waals surface area contributed by atoms with Crippen molar-refractivity contribution in [2.45, 2.75) is 0 Å². The zero-order chi connectivity index (χ0) is 12.0. The van der Waals surface area contributed by atoms with Crippen LogP contribution in [-0.2, 0) is 9.53 Å². The minimum Gasteiger partial charge on any atom is -0.399 e. The molecule has 0 spiro atoms. The van der Waals surface area contributed by atoms with Crippen molar-refractivity contribution in [3.8, 4) is 0 Å². The SMILES string of the molecule is NC(=O)COCCNc1ccc(N)cc1F. The van der Waals surface area contributed by atoms with Crippen molar-refractivity contribution in [2.75, 3.05) is 30.8 Å². The largest absolute Gasteiger partial charge is 0.399 e. The maximum absolute atomic E-state index is 13.2. The standard InChI is InChI=1S/C10H14FN3O2/c11-8-5-7(12)1-2-9(8)14-3-4-16-6-10(13)15/h1-2,5,14H,3-4,6,12H2,(H2,13,15). The molecule has 0 atom stereocenters. The number of rotatable bonds is 6. The van der Waals surface area contributed by atoms with Crippen LogP contribution in [0.25, 0.3) is 0 Å². The fourth-order valence-corrected chi connectivity index (χ4v) is 1.11. The van der Waals surface area contributed by atoms with E-state index in [1.54, 1.807) is 12.1 Å². The van der Waals surface area contributed by atoms with E-state index in [2.05, 4.69) is 5.32 Å². The summed E-state index contributed by atoms with van der Waals surface area (Å²) in [4.78, 5) is 10.3. The lowest BCUT2D eigenvalue weighted by molar-refractivity contribution is -0.122. The van der Waals surface area contributed by atoms with Gasteiger partial charge in [-0.3, -0.25) is 4.79 Å². The number of ether oxygens (including phenoxy) is 1. The molecular weight excluding hydrogens is 213 g/mol. The van der Waals surface area contributed by atoms with Crippen molar-refractivity contribution >= 4 is 17.3 Å². The number of carbonyl (C=O) groups is 1. The predicted octanol–water partition coefficient (Wildman–Crippen LogP) is 0.322. The molecule has 5 N–H and O–H groups in total. The fourth-order valence-electron chi connectivity index (χ4n) is 1.11. The average molecular weight is 227 g/mol. The van der Waals surface area contributed by atoms with E-state index in [9.17, 15) is 9.18 Å². The normalized spacial score (nSPS) is 10.1. The number of anilines is 2. The van der Waals surface area contributed by atoms with Crippen molar-refractivity contribution in [1.82, 2.24) is 0 Å². The molecule has 0 aliphatic rings. The summed E-state index contributed by atoms with van der Waals surface area (Å²) in [6.45, 7) is 0.521. The maximum Gasteiger partial charge on any atom is 0.243 e. The number of carbonyl (C=O) groups excluding carboxylic acids is 1. The fraction of sp³-hybridized carbons (Fsp3) is 0.300. The molecule has 1 aromatic rings. The number of hydrogen-bond donors (Lipinski definition) is 3. The Kier molecular flexibility index (Phi) is 4.53. The summed E-state index contributed by atoms with van der Waals surface area (Å²) < 4.78 is 18.1. The molecule has 0 unspecified atom stereocenters. The summed E-state index contributed by atoms with van der Waals surface area (Å²) in [6.07, 6.45) is 0. The number of nitrogens with one attached hydrogen (secondary N) is 1. The zero-order valence-electron chi connectivity index (χ0n) is 8.70. The van der Waals surface area contributed by atoms with Gasteiger partial charge in [-0.05, 0) is 18.2 Å². The molecule has 6 heteroatoms. The van der Waals surface area contributed by atoms with E-state index in [1.807, 2.05) is 0 Å². The van der Waals surface area contributed by atoms with E-state index in [-0.39, 0.29) is 13.2 Å². The van der Waals surface area contributed by atoms with Crippen molar-refractivity contribution in [3.63, 3.8) is 0 Å². The van der Waals surface area contributed by atoms with Crippen LogP contribution in [0.4, 0.5) is 15.8 Å². The quantitative estimate of drug-likeness (QED) is 0.482. The van der Waals surface area contributed by atoms with Gasteiger partial charge in [0.1, 0.15) is 12.4 Å². The van der Waals surface area contributed by atoms with Crippen molar-refractivity contribution < 1.29 is 13.9 Å². The highest BCUT2D eigenvalue weighted by atomic mass is 19.1. The smallest absolute Gasteiger partial charge is 0.243 e. The average Bonchev–Trinajstić information content (AvgIpc) is 2.20. The molecule has 0 heterocycles. The van der Waals surface area contributed by atoms with E-state index in [0.717, 1.165) is 0 Å². The highest BCUT2D eigenvalue weighted by molar-refractivity contribution is 5.74. The van der Waals surface area contributed by atoms with Crippen LogP contribution in [0.1, 0.15) is 0 Å². The third kappa shape index (κ3) is 4.14. The van der Waals surface area contributed by atoms with Gasteiger partial charge in [-0.15, -0.1) is 0 Å². The third-order valence-corrected chi connectivity index (χ3v) is 1.80. The van der Waals surface area contributed by atoms with Gasteiger partial charge in [-0.2, -0.15) is 0 Å². The van der Waals surface area contributed by atoms with E-state index >= 15 is 0 Å². The Morgan fingerprint density at radius 1 is 1.50 bits per heavy atom. The van der Waals surface area contributed by atoms with Crippen molar-refractivity contribution in [1.29, 1.82) is 0 Å². The Balaban J connectivity index is 2.29. The Labute approximate surface area is 92.6 Å². The first kappa shape index (κ1) is 12.3. The summed E-state index contributed by atoms with van der Waals surface area (Å²) in [5.41, 5.74) is 11.0. The van der Waals surface area contributed by atoms with Crippen LogP contribution in [0.15, 0.2) is 18.2 Å². The van der Waals surface area contributed by atoms with Gasteiger partial charge in [0, 0.05) is 12.2 Å². The molecule has 0 aliphatic carbocycles. The van der Waals surface area contributed by atoms with E-state index in [0.29, 0.717) is 17.9 Å². The van der Waals surface area contributed by atoms with Gasteiger partial charge >= 0.3 is 0 Å². The number of nitrogens with two attached hydrogens (primary N) is 2. The second kappa shape index (κ2) is 5.92. The second-order valence-corrected chi connectivity index (χ2v) is 3.18. The number of hydrogen-bond acceptors (Lipinski definition) is 4. The van der Waals surface area contributed by atoms with E-state index in [1.165, 1.54) is 6.07 Å². The van der Waals surface area contributed by atoms with Gasteiger partial charge < -0.3 is 21.5 Å². The molecule has 0 radical (unpaired) electrons. The lowest BCUT2D eigenvalue weighted by atomic mass is 10.2. The topological polar surface area (TPSA) is 90.4 Å². The predicted molar refractivity (Wildman–Crippen MR) is 59.3 cm³/mol. The van der Waals surface area contributed by atoms with Crippen molar-refractivity contribution in [3.05, 3.63) is 24.0 Å². The lowest BCUT2D eigenvalue weighted by Crippen LogP contribution is -2.20. The summed E-state index contributed by atoms with van der Waals surface area (Å²) in [7, 11) is 0. The van der Waals surface area contributed by atoms with Crippen LogP contribution >= 0.6 is 0 Å². The number of amides is 1. The van der Waals surface area contributed by atoms with Crippen molar-refractivity contribution in [2.24, 2.45) is 5.73 Å². The molecular formula is C10H14FN3O2. The molecule has 0 fully saturated rings. The number of primary amides is 1. The molecule has 1 aromatic carbocycles. The van der Waals surface area contributed by atoms with E-state index < -0.39 is 11.7 Å². The van der Waals surface area contributed by atoms with Crippen LogP contribution in [0.2, 0.25) is 0 Å². The maximum atomic E-state index is 13.2. The Hall–Kier alpha value is -1.82. The molecule has 1 amide bonds. The first-order chi connectivity index (χ1) is 7.59. The second-order valence-electron chi connectivity index (χ2n) is 3.18. The molecule has 1 rings (SSSR count). The summed E-state index contributed by atoms with van der Waals surface area (Å²) in [5.74, 6) is -0.950. The van der Waals surface area contributed by atoms with E-state index in [4.69, 9.17) is 16.2 Å². The molecule has 0 bridgehead atoms. The molecule has 0 aliphatic heterocycles. The number of nitrogen functional groups attached to an aromatic ring is 1. The van der Waals surface area contributed by atoms with Gasteiger partial charge in [0.05, 0.1) is 12.3 Å². The minimum atomic E-state index is -0.529. The number of halogens is 1. The van der Waals surface area contributed by atoms with Crippen LogP contribution in [0.5, 0.6) is 0 Å². The molecule has 16 heavy (non-hydrogen) atoms. The van der Waals surface area contributed by atoms with Crippen LogP contribution in [0, 0.1) is 5.82 Å². The molecule has 0 saturated heterocycles. The van der Waals surface area contributed by atoms with Crippen LogP contribution < -0.4 is 16.8 Å². The van der Waals surface area contributed by atoms with Gasteiger partial charge in [0.2, 0.25) is 5.91 Å². The lowest BCUT2D eigenvalue weighted by Gasteiger charge is -2.07. The summed E-state index contributed by atoms with van der Waals surface area (Å²) in [5, 5.41) is 2.81. The highest BCUT2D eigenvalue weighted by Gasteiger charge is 2.01.